The molecule has 2 heterocycles. The van der Waals surface area contributed by atoms with Crippen molar-refractivity contribution in [3.05, 3.63) is 21.4 Å². The van der Waals surface area contributed by atoms with Gasteiger partial charge in [-0.1, -0.05) is 19.8 Å². The Kier molecular flexibility index (Phi) is 5.35. The van der Waals surface area contributed by atoms with E-state index in [-0.39, 0.29) is 5.91 Å². The van der Waals surface area contributed by atoms with Gasteiger partial charge in [-0.3, -0.25) is 9.59 Å². The van der Waals surface area contributed by atoms with Crippen LogP contribution in [-0.4, -0.2) is 47.8 Å². The molecule has 3 aliphatic rings. The molecule has 2 amide bonds. The van der Waals surface area contributed by atoms with E-state index in [4.69, 9.17) is 0 Å². The van der Waals surface area contributed by atoms with Gasteiger partial charge in [0.15, 0.2) is 0 Å². The van der Waals surface area contributed by atoms with Crippen molar-refractivity contribution in [2.24, 2.45) is 11.8 Å². The minimum Gasteiger partial charge on any atom is -0.339 e. The van der Waals surface area contributed by atoms with E-state index in [1.54, 1.807) is 11.3 Å². The lowest BCUT2D eigenvalue weighted by Gasteiger charge is -2.35. The van der Waals surface area contributed by atoms with E-state index in [1.165, 1.54) is 42.5 Å². The zero-order chi connectivity index (χ0) is 18.1. The summed E-state index contributed by atoms with van der Waals surface area (Å²) in [6, 6.07) is 2.13. The van der Waals surface area contributed by atoms with Gasteiger partial charge in [0.25, 0.3) is 5.91 Å². The average molecular weight is 375 g/mol. The van der Waals surface area contributed by atoms with Crippen molar-refractivity contribution in [2.45, 2.75) is 58.3 Å². The summed E-state index contributed by atoms with van der Waals surface area (Å²) >= 11 is 1.70. The van der Waals surface area contributed by atoms with E-state index in [0.29, 0.717) is 44.4 Å². The maximum Gasteiger partial charge on any atom is 0.264 e. The van der Waals surface area contributed by atoms with Crippen LogP contribution in [0.3, 0.4) is 0 Å². The SMILES string of the molecule is CC1CCc2sc(C(=O)N3CCN(C(=O)CC4CCCC4)CC3)cc2C1. The topological polar surface area (TPSA) is 40.6 Å². The molecule has 0 bridgehead atoms. The summed E-state index contributed by atoms with van der Waals surface area (Å²) in [4.78, 5) is 31.6. The fourth-order valence-corrected chi connectivity index (χ4v) is 5.89. The molecule has 4 rings (SSSR count). The Balaban J connectivity index is 1.31. The normalized spacial score (nSPS) is 24.0. The van der Waals surface area contributed by atoms with Crippen LogP contribution in [0.1, 0.15) is 65.6 Å². The van der Waals surface area contributed by atoms with Crippen LogP contribution >= 0.6 is 11.3 Å². The number of piperazine rings is 1. The number of thiophene rings is 1. The van der Waals surface area contributed by atoms with Gasteiger partial charge in [0.2, 0.25) is 5.91 Å². The molecule has 142 valence electrons. The number of aryl methyl sites for hydroxylation is 1. The van der Waals surface area contributed by atoms with E-state index >= 15 is 0 Å². The molecule has 1 atom stereocenters. The summed E-state index contributed by atoms with van der Waals surface area (Å²) in [5, 5.41) is 0. The van der Waals surface area contributed by atoms with Crippen LogP contribution in [0, 0.1) is 11.8 Å². The van der Waals surface area contributed by atoms with Crippen molar-refractivity contribution in [1.82, 2.24) is 9.80 Å². The summed E-state index contributed by atoms with van der Waals surface area (Å²) < 4.78 is 0. The van der Waals surface area contributed by atoms with Gasteiger partial charge in [-0.15, -0.1) is 11.3 Å². The molecule has 1 saturated heterocycles. The van der Waals surface area contributed by atoms with Crippen LogP contribution in [0.25, 0.3) is 0 Å². The van der Waals surface area contributed by atoms with Gasteiger partial charge in [0.1, 0.15) is 0 Å². The predicted octanol–water partition coefficient (Wildman–Crippen LogP) is 3.74. The molecule has 1 aromatic rings. The summed E-state index contributed by atoms with van der Waals surface area (Å²) in [5.74, 6) is 1.79. The Morgan fingerprint density at radius 1 is 1.08 bits per heavy atom. The van der Waals surface area contributed by atoms with Crippen molar-refractivity contribution < 1.29 is 9.59 Å². The van der Waals surface area contributed by atoms with Gasteiger partial charge < -0.3 is 9.80 Å². The number of rotatable bonds is 3. The van der Waals surface area contributed by atoms with Crippen LogP contribution in [-0.2, 0) is 17.6 Å². The molecule has 2 aliphatic carbocycles. The minimum atomic E-state index is 0.167. The minimum absolute atomic E-state index is 0.167. The second-order valence-corrected chi connectivity index (χ2v) is 9.57. The van der Waals surface area contributed by atoms with Gasteiger partial charge in [-0.25, -0.2) is 0 Å². The highest BCUT2D eigenvalue weighted by Crippen LogP contribution is 2.33. The fraction of sp³-hybridized carbons (Fsp3) is 0.714. The molecular weight excluding hydrogens is 344 g/mol. The first-order valence-electron chi connectivity index (χ1n) is 10.3. The quantitative estimate of drug-likeness (QED) is 0.809. The number of fused-ring (bicyclic) bond motifs is 1. The Hall–Kier alpha value is -1.36. The summed E-state index contributed by atoms with van der Waals surface area (Å²) in [5.41, 5.74) is 1.39. The number of carbonyl (C=O) groups excluding carboxylic acids is 2. The number of amides is 2. The van der Waals surface area contributed by atoms with Crippen molar-refractivity contribution >= 4 is 23.2 Å². The van der Waals surface area contributed by atoms with Crippen molar-refractivity contribution in [2.75, 3.05) is 26.2 Å². The second-order valence-electron chi connectivity index (χ2n) is 8.43. The number of hydrogen-bond acceptors (Lipinski definition) is 3. The zero-order valence-electron chi connectivity index (χ0n) is 15.8. The zero-order valence-corrected chi connectivity index (χ0v) is 16.7. The third kappa shape index (κ3) is 3.83. The van der Waals surface area contributed by atoms with Crippen LogP contribution in [0.4, 0.5) is 0 Å². The molecule has 1 aromatic heterocycles. The molecule has 0 aromatic carbocycles. The third-order valence-corrected chi connectivity index (χ3v) is 7.62. The molecule has 2 fully saturated rings. The van der Waals surface area contributed by atoms with Gasteiger partial charge in [-0.2, -0.15) is 0 Å². The molecular formula is C21H30N2O2S. The van der Waals surface area contributed by atoms with E-state index < -0.39 is 0 Å². The lowest BCUT2D eigenvalue weighted by atomic mass is 9.90. The van der Waals surface area contributed by atoms with Crippen molar-refractivity contribution in [1.29, 1.82) is 0 Å². The van der Waals surface area contributed by atoms with Gasteiger partial charge in [0, 0.05) is 37.5 Å². The van der Waals surface area contributed by atoms with E-state index in [1.807, 2.05) is 9.80 Å². The lowest BCUT2D eigenvalue weighted by molar-refractivity contribution is -0.133. The molecule has 5 heteroatoms. The van der Waals surface area contributed by atoms with Gasteiger partial charge in [0.05, 0.1) is 4.88 Å². The Morgan fingerprint density at radius 2 is 1.77 bits per heavy atom. The Labute approximate surface area is 160 Å². The second kappa shape index (κ2) is 7.71. The highest BCUT2D eigenvalue weighted by molar-refractivity contribution is 7.14. The molecule has 1 unspecified atom stereocenters. The van der Waals surface area contributed by atoms with E-state index in [2.05, 4.69) is 13.0 Å². The van der Waals surface area contributed by atoms with Crippen LogP contribution < -0.4 is 0 Å². The van der Waals surface area contributed by atoms with Crippen molar-refractivity contribution in [3.63, 3.8) is 0 Å². The first-order chi connectivity index (χ1) is 12.6. The van der Waals surface area contributed by atoms with Gasteiger partial charge in [-0.05, 0) is 55.6 Å². The highest BCUT2D eigenvalue weighted by atomic mass is 32.1. The van der Waals surface area contributed by atoms with E-state index in [0.717, 1.165) is 23.6 Å². The number of carbonyl (C=O) groups is 2. The number of hydrogen-bond donors (Lipinski definition) is 0. The maximum atomic E-state index is 12.9. The summed E-state index contributed by atoms with van der Waals surface area (Å²) in [6.45, 7) is 5.03. The van der Waals surface area contributed by atoms with E-state index in [9.17, 15) is 9.59 Å². The lowest BCUT2D eigenvalue weighted by Crippen LogP contribution is -2.50. The van der Waals surface area contributed by atoms with Crippen LogP contribution in [0.15, 0.2) is 6.07 Å². The average Bonchev–Trinajstić information content (AvgIpc) is 3.30. The largest absolute Gasteiger partial charge is 0.339 e. The molecule has 1 saturated carbocycles. The monoisotopic (exact) mass is 374 g/mol. The standard InChI is InChI=1S/C21H30N2O2S/c1-15-6-7-18-17(12-15)14-19(26-18)21(25)23-10-8-22(9-11-23)20(24)13-16-4-2-3-5-16/h14-16H,2-13H2,1H3. The highest BCUT2D eigenvalue weighted by Gasteiger charge is 2.29. The van der Waals surface area contributed by atoms with Crippen LogP contribution in [0.5, 0.6) is 0 Å². The molecule has 0 spiro atoms. The van der Waals surface area contributed by atoms with Crippen molar-refractivity contribution in [3.8, 4) is 0 Å². The predicted molar refractivity (Wildman–Crippen MR) is 105 cm³/mol. The first-order valence-corrected chi connectivity index (χ1v) is 11.1. The Morgan fingerprint density at radius 3 is 2.50 bits per heavy atom. The van der Waals surface area contributed by atoms with Gasteiger partial charge >= 0.3 is 0 Å². The smallest absolute Gasteiger partial charge is 0.264 e. The molecule has 4 nitrogen and oxygen atoms in total. The van der Waals surface area contributed by atoms with Crippen LogP contribution in [0.2, 0.25) is 0 Å². The number of nitrogens with zero attached hydrogens (tertiary/aromatic N) is 2. The first kappa shape index (κ1) is 18.0. The molecule has 1 aliphatic heterocycles. The Bertz CT molecular complexity index is 670. The molecule has 26 heavy (non-hydrogen) atoms. The third-order valence-electron chi connectivity index (χ3n) is 6.40. The molecule has 0 N–H and O–H groups in total. The summed E-state index contributed by atoms with van der Waals surface area (Å²) in [6.07, 6.45) is 9.18. The maximum absolute atomic E-state index is 12.9. The summed E-state index contributed by atoms with van der Waals surface area (Å²) in [7, 11) is 0. The molecule has 0 radical (unpaired) electrons. The fourth-order valence-electron chi connectivity index (χ4n) is 4.72.